The van der Waals surface area contributed by atoms with Gasteiger partial charge in [-0.2, -0.15) is 0 Å². The van der Waals surface area contributed by atoms with E-state index in [1.165, 1.54) is 0 Å². The van der Waals surface area contributed by atoms with Gasteiger partial charge in [0.1, 0.15) is 0 Å². The van der Waals surface area contributed by atoms with Gasteiger partial charge in [-0.25, -0.2) is 9.97 Å². The van der Waals surface area contributed by atoms with Crippen LogP contribution in [0.15, 0.2) is 12.3 Å². The summed E-state index contributed by atoms with van der Waals surface area (Å²) in [6, 6.07) is 2.29. The average Bonchev–Trinajstić information content (AvgIpc) is 3.30. The summed E-state index contributed by atoms with van der Waals surface area (Å²) < 4.78 is 6.31. The van der Waals surface area contributed by atoms with Gasteiger partial charge in [-0.15, -0.1) is 0 Å². The summed E-state index contributed by atoms with van der Waals surface area (Å²) in [4.78, 5) is 20.9. The minimum absolute atomic E-state index is 0.0762. The van der Waals surface area contributed by atoms with E-state index in [1.54, 1.807) is 17.5 Å². The molecule has 1 amide bonds. The Balaban J connectivity index is 1.55. The van der Waals surface area contributed by atoms with Crippen molar-refractivity contribution < 1.29 is 9.53 Å². The molecule has 0 radical (unpaired) electrons. The van der Waals surface area contributed by atoms with Gasteiger partial charge in [0.2, 0.25) is 5.91 Å². The fraction of sp³-hybridized carbons (Fsp3) is 0.533. The lowest BCUT2D eigenvalue weighted by Gasteiger charge is -2.22. The van der Waals surface area contributed by atoms with Crippen LogP contribution in [-0.4, -0.2) is 35.1 Å². The molecular formula is C15H18N4O2S. The Hall–Kier alpha value is -1.73. The number of carbonyl (C=O) groups excluding carboxylic acids is 1. The van der Waals surface area contributed by atoms with Gasteiger partial charge >= 0.3 is 0 Å². The van der Waals surface area contributed by atoms with Crippen molar-refractivity contribution in [3.8, 4) is 0 Å². The molecule has 2 aromatic heterocycles. The highest BCUT2D eigenvalue weighted by molar-refractivity contribution is 7.22. The molecule has 1 saturated heterocycles. The van der Waals surface area contributed by atoms with Crippen LogP contribution in [0.4, 0.5) is 10.9 Å². The molecule has 7 heteroatoms. The third kappa shape index (κ3) is 2.91. The van der Waals surface area contributed by atoms with Crippen molar-refractivity contribution in [3.63, 3.8) is 0 Å². The minimum Gasteiger partial charge on any atom is -0.381 e. The lowest BCUT2D eigenvalue weighted by Crippen LogP contribution is -2.27. The van der Waals surface area contributed by atoms with Crippen molar-refractivity contribution in [1.82, 2.24) is 9.97 Å². The van der Waals surface area contributed by atoms with Crippen molar-refractivity contribution in [2.45, 2.75) is 31.7 Å². The van der Waals surface area contributed by atoms with Crippen LogP contribution in [0.1, 0.15) is 25.7 Å². The first-order valence-electron chi connectivity index (χ1n) is 7.70. The Morgan fingerprint density at radius 1 is 1.27 bits per heavy atom. The minimum atomic E-state index is 0.0762. The van der Waals surface area contributed by atoms with Crippen molar-refractivity contribution in [3.05, 3.63) is 12.3 Å². The maximum absolute atomic E-state index is 11.9. The molecular weight excluding hydrogens is 300 g/mol. The van der Waals surface area contributed by atoms with E-state index in [0.717, 1.165) is 54.2 Å². The third-order valence-electron chi connectivity index (χ3n) is 4.04. The molecule has 4 rings (SSSR count). The molecule has 0 bridgehead atoms. The quantitative estimate of drug-likeness (QED) is 0.906. The topological polar surface area (TPSA) is 76.1 Å². The van der Waals surface area contributed by atoms with Gasteiger partial charge in [0, 0.05) is 31.4 Å². The lowest BCUT2D eigenvalue weighted by atomic mass is 10.1. The predicted molar refractivity (Wildman–Crippen MR) is 86.2 cm³/mol. The number of nitrogens with zero attached hydrogens (tertiary/aromatic N) is 2. The number of pyridine rings is 1. The number of aromatic nitrogens is 2. The molecule has 2 N–H and O–H groups in total. The maximum atomic E-state index is 11.9. The number of amides is 1. The van der Waals surface area contributed by atoms with E-state index in [2.05, 4.69) is 20.6 Å². The molecule has 6 nitrogen and oxygen atoms in total. The van der Waals surface area contributed by atoms with Crippen LogP contribution >= 0.6 is 11.3 Å². The number of hydrogen-bond donors (Lipinski definition) is 2. The highest BCUT2D eigenvalue weighted by atomic mass is 32.1. The summed E-state index contributed by atoms with van der Waals surface area (Å²) in [5, 5.41) is 7.30. The average molecular weight is 318 g/mol. The number of ether oxygens (including phenoxy) is 1. The van der Waals surface area contributed by atoms with Crippen molar-refractivity contribution in [2.24, 2.45) is 5.92 Å². The Kier molecular flexibility index (Phi) is 3.67. The van der Waals surface area contributed by atoms with Crippen LogP contribution in [0.3, 0.4) is 0 Å². The molecule has 0 spiro atoms. The molecule has 2 aliphatic rings. The van der Waals surface area contributed by atoms with Gasteiger partial charge in [-0.3, -0.25) is 4.79 Å². The fourth-order valence-electron chi connectivity index (χ4n) is 2.59. The normalized spacial score (nSPS) is 19.3. The Morgan fingerprint density at radius 3 is 2.86 bits per heavy atom. The first-order valence-corrected chi connectivity index (χ1v) is 8.52. The Morgan fingerprint density at radius 2 is 2.09 bits per heavy atom. The van der Waals surface area contributed by atoms with E-state index in [1.807, 2.05) is 6.07 Å². The summed E-state index contributed by atoms with van der Waals surface area (Å²) >= 11 is 1.55. The summed E-state index contributed by atoms with van der Waals surface area (Å²) in [6.45, 7) is 1.60. The van der Waals surface area contributed by atoms with E-state index in [-0.39, 0.29) is 11.8 Å². The van der Waals surface area contributed by atoms with E-state index < -0.39 is 0 Å². The summed E-state index contributed by atoms with van der Waals surface area (Å²) in [5.41, 5.74) is 0.876. The smallest absolute Gasteiger partial charge is 0.228 e. The van der Waals surface area contributed by atoms with Crippen LogP contribution < -0.4 is 10.6 Å². The molecule has 2 aromatic rings. The summed E-state index contributed by atoms with van der Waals surface area (Å²) in [6.07, 6.45) is 5.67. The molecule has 116 valence electrons. The number of carbonyl (C=O) groups is 1. The maximum Gasteiger partial charge on any atom is 0.228 e. The second-order valence-corrected chi connectivity index (χ2v) is 6.82. The fourth-order valence-corrected chi connectivity index (χ4v) is 3.57. The van der Waals surface area contributed by atoms with Gasteiger partial charge < -0.3 is 15.4 Å². The molecule has 3 heterocycles. The van der Waals surface area contributed by atoms with E-state index in [9.17, 15) is 4.79 Å². The van der Waals surface area contributed by atoms with Crippen molar-refractivity contribution >= 4 is 38.4 Å². The van der Waals surface area contributed by atoms with Gasteiger partial charge in [0.15, 0.2) is 10.9 Å². The standard InChI is InChI=1S/C15H18N4O2S/c20-14(9-1-2-9)19-13-12-11(3-6-16-13)18-15(22-12)17-10-4-7-21-8-5-10/h3,6,9-10H,1-2,4-5,7-8H2,(H,17,18)(H,16,19,20). The molecule has 1 aliphatic carbocycles. The summed E-state index contributed by atoms with van der Waals surface area (Å²) in [5.74, 6) is 0.879. The first-order chi connectivity index (χ1) is 10.8. The number of rotatable bonds is 4. The summed E-state index contributed by atoms with van der Waals surface area (Å²) in [7, 11) is 0. The largest absolute Gasteiger partial charge is 0.381 e. The molecule has 2 fully saturated rings. The lowest BCUT2D eigenvalue weighted by molar-refractivity contribution is -0.117. The molecule has 0 aromatic carbocycles. The Bertz CT molecular complexity index is 692. The van der Waals surface area contributed by atoms with Crippen LogP contribution in [-0.2, 0) is 9.53 Å². The second kappa shape index (κ2) is 5.81. The highest BCUT2D eigenvalue weighted by Crippen LogP contribution is 2.34. The van der Waals surface area contributed by atoms with E-state index in [4.69, 9.17) is 4.74 Å². The van der Waals surface area contributed by atoms with Gasteiger partial charge in [0.25, 0.3) is 0 Å². The number of anilines is 2. The number of nitrogens with one attached hydrogen (secondary N) is 2. The van der Waals surface area contributed by atoms with E-state index in [0.29, 0.717) is 11.9 Å². The van der Waals surface area contributed by atoms with Gasteiger partial charge in [-0.05, 0) is 31.7 Å². The predicted octanol–water partition coefficient (Wildman–Crippen LogP) is 2.63. The van der Waals surface area contributed by atoms with Crippen LogP contribution in [0.25, 0.3) is 10.2 Å². The van der Waals surface area contributed by atoms with Crippen molar-refractivity contribution in [1.29, 1.82) is 0 Å². The molecule has 0 atom stereocenters. The zero-order chi connectivity index (χ0) is 14.9. The van der Waals surface area contributed by atoms with Crippen LogP contribution in [0.5, 0.6) is 0 Å². The number of thiazole rings is 1. The van der Waals surface area contributed by atoms with Crippen molar-refractivity contribution in [2.75, 3.05) is 23.8 Å². The van der Waals surface area contributed by atoms with Crippen LogP contribution in [0, 0.1) is 5.92 Å². The second-order valence-electron chi connectivity index (χ2n) is 5.82. The monoisotopic (exact) mass is 318 g/mol. The molecule has 1 aliphatic heterocycles. The van der Waals surface area contributed by atoms with Gasteiger partial charge in [-0.1, -0.05) is 11.3 Å². The van der Waals surface area contributed by atoms with Gasteiger partial charge in [0.05, 0.1) is 10.2 Å². The molecule has 1 saturated carbocycles. The Labute approximate surface area is 132 Å². The molecule has 0 unspecified atom stereocenters. The number of hydrogen-bond acceptors (Lipinski definition) is 6. The molecule has 22 heavy (non-hydrogen) atoms. The zero-order valence-corrected chi connectivity index (χ0v) is 13.0. The third-order valence-corrected chi connectivity index (χ3v) is 5.05. The SMILES string of the molecule is O=C(Nc1nccc2nc(NC3CCOCC3)sc12)C1CC1. The number of fused-ring (bicyclic) bond motifs is 1. The highest BCUT2D eigenvalue weighted by Gasteiger charge is 2.30. The zero-order valence-electron chi connectivity index (χ0n) is 12.2. The van der Waals surface area contributed by atoms with E-state index >= 15 is 0 Å². The van der Waals surface area contributed by atoms with Crippen LogP contribution in [0.2, 0.25) is 0 Å². The first kappa shape index (κ1) is 13.9.